The van der Waals surface area contributed by atoms with E-state index in [1.54, 1.807) is 23.5 Å². The molecule has 0 unspecified atom stereocenters. The van der Waals surface area contributed by atoms with E-state index in [4.69, 9.17) is 9.47 Å². The number of nitrogens with zero attached hydrogens (tertiary/aromatic N) is 4. The van der Waals surface area contributed by atoms with Crippen molar-refractivity contribution in [1.82, 2.24) is 19.9 Å². The smallest absolute Gasteiger partial charge is 0.409 e. The molecule has 0 saturated carbocycles. The van der Waals surface area contributed by atoms with Gasteiger partial charge < -0.3 is 19.7 Å². The summed E-state index contributed by atoms with van der Waals surface area (Å²) in [6.45, 7) is 1.25. The maximum atomic E-state index is 11.7. The van der Waals surface area contributed by atoms with Crippen molar-refractivity contribution in [3.8, 4) is 11.6 Å². The number of amides is 1. The van der Waals surface area contributed by atoms with Gasteiger partial charge in [-0.25, -0.2) is 14.8 Å². The predicted octanol–water partition coefficient (Wildman–Crippen LogP) is 4.35. The number of rotatable bonds is 5. The van der Waals surface area contributed by atoms with Gasteiger partial charge in [-0.15, -0.1) is 0 Å². The number of hydrogen-bond acceptors (Lipinski definition) is 7. The second-order valence-corrected chi connectivity index (χ2v) is 6.94. The van der Waals surface area contributed by atoms with Crippen LogP contribution in [0.5, 0.6) is 11.6 Å². The highest BCUT2D eigenvalue weighted by molar-refractivity contribution is 5.67. The van der Waals surface area contributed by atoms with Crippen molar-refractivity contribution in [2.24, 2.45) is 0 Å². The Morgan fingerprint density at radius 2 is 1.77 bits per heavy atom. The molecule has 0 radical (unpaired) electrons. The van der Waals surface area contributed by atoms with E-state index in [1.165, 1.54) is 7.11 Å². The van der Waals surface area contributed by atoms with E-state index in [9.17, 15) is 4.79 Å². The number of methoxy groups -OCH3 is 1. The first-order valence-corrected chi connectivity index (χ1v) is 9.82. The lowest BCUT2D eigenvalue weighted by Gasteiger charge is -2.30. The molecule has 30 heavy (non-hydrogen) atoms. The average molecular weight is 405 g/mol. The number of ether oxygens (including phenoxy) is 2. The fourth-order valence-electron chi connectivity index (χ4n) is 3.46. The lowest BCUT2D eigenvalue weighted by atomic mass is 9.93. The zero-order valence-corrected chi connectivity index (χ0v) is 16.7. The Hall–Kier alpha value is -3.68. The zero-order chi connectivity index (χ0) is 20.8. The molecule has 0 bridgehead atoms. The fourth-order valence-corrected chi connectivity index (χ4v) is 3.46. The number of pyridine rings is 1. The number of hydrogen-bond donors (Lipinski definition) is 1. The third-order valence-corrected chi connectivity index (χ3v) is 5.01. The van der Waals surface area contributed by atoms with E-state index in [0.29, 0.717) is 24.7 Å². The quantitative estimate of drug-likeness (QED) is 0.675. The molecule has 1 saturated heterocycles. The predicted molar refractivity (Wildman–Crippen MR) is 112 cm³/mol. The van der Waals surface area contributed by atoms with Crippen molar-refractivity contribution in [2.75, 3.05) is 25.5 Å². The summed E-state index contributed by atoms with van der Waals surface area (Å²) in [5, 5.41) is 3.24. The highest BCUT2D eigenvalue weighted by Gasteiger charge is 2.27. The van der Waals surface area contributed by atoms with Crippen LogP contribution in [0.25, 0.3) is 0 Å². The molecule has 1 aromatic carbocycles. The molecule has 3 aromatic rings. The number of nitrogens with one attached hydrogen (secondary N) is 1. The summed E-state index contributed by atoms with van der Waals surface area (Å²) in [4.78, 5) is 26.6. The van der Waals surface area contributed by atoms with Crippen molar-refractivity contribution in [3.05, 3.63) is 66.7 Å². The Morgan fingerprint density at radius 1 is 1.00 bits per heavy atom. The van der Waals surface area contributed by atoms with Crippen LogP contribution < -0.4 is 10.1 Å². The summed E-state index contributed by atoms with van der Waals surface area (Å²) in [5.74, 6) is 2.13. The van der Waals surface area contributed by atoms with Crippen molar-refractivity contribution < 1.29 is 14.3 Å². The van der Waals surface area contributed by atoms with Crippen molar-refractivity contribution in [3.63, 3.8) is 0 Å². The largest absolute Gasteiger partial charge is 0.453 e. The standard InChI is InChI=1S/C22H23N5O3/c1-29-22(28)27-14-9-16(10-15-27)20-21(25-13-12-24-20)30-18-7-5-17(6-8-18)26-19-4-2-3-11-23-19/h2-8,11-13,16H,9-10,14-15H2,1H3,(H,23,26). The van der Waals surface area contributed by atoms with Gasteiger partial charge in [0.2, 0.25) is 5.88 Å². The minimum Gasteiger partial charge on any atom is -0.453 e. The Bertz CT molecular complexity index is 974. The molecule has 1 fully saturated rings. The molecule has 0 atom stereocenters. The molecule has 1 aliphatic rings. The van der Waals surface area contributed by atoms with Crippen LogP contribution in [0.2, 0.25) is 0 Å². The summed E-state index contributed by atoms with van der Waals surface area (Å²) in [6.07, 6.45) is 6.33. The first kappa shape index (κ1) is 19.6. The molecular weight excluding hydrogens is 382 g/mol. The molecule has 154 valence electrons. The van der Waals surface area contributed by atoms with Gasteiger partial charge >= 0.3 is 6.09 Å². The van der Waals surface area contributed by atoms with Gasteiger partial charge in [0, 0.05) is 43.3 Å². The summed E-state index contributed by atoms with van der Waals surface area (Å²) >= 11 is 0. The molecule has 0 aliphatic carbocycles. The number of carbonyl (C=O) groups is 1. The normalized spacial score (nSPS) is 14.2. The molecule has 8 heteroatoms. The summed E-state index contributed by atoms with van der Waals surface area (Å²) in [6, 6.07) is 13.3. The van der Waals surface area contributed by atoms with Crippen LogP contribution in [0.3, 0.4) is 0 Å². The van der Waals surface area contributed by atoms with Crippen LogP contribution in [0.1, 0.15) is 24.5 Å². The van der Waals surface area contributed by atoms with Crippen LogP contribution in [0, 0.1) is 0 Å². The van der Waals surface area contributed by atoms with Gasteiger partial charge in [0.1, 0.15) is 17.3 Å². The number of piperidine rings is 1. The number of aromatic nitrogens is 3. The summed E-state index contributed by atoms with van der Waals surface area (Å²) in [5.41, 5.74) is 1.73. The third kappa shape index (κ3) is 4.65. The van der Waals surface area contributed by atoms with E-state index >= 15 is 0 Å². The Morgan fingerprint density at radius 3 is 2.47 bits per heavy atom. The minimum absolute atomic E-state index is 0.180. The average Bonchev–Trinajstić information content (AvgIpc) is 2.81. The van der Waals surface area contributed by atoms with Gasteiger partial charge in [-0.2, -0.15) is 0 Å². The van der Waals surface area contributed by atoms with Gasteiger partial charge in [-0.05, 0) is 49.2 Å². The summed E-state index contributed by atoms with van der Waals surface area (Å²) < 4.78 is 10.8. The molecule has 2 aromatic heterocycles. The lowest BCUT2D eigenvalue weighted by molar-refractivity contribution is 0.112. The van der Waals surface area contributed by atoms with E-state index in [-0.39, 0.29) is 12.0 Å². The number of likely N-dealkylation sites (tertiary alicyclic amines) is 1. The first-order chi connectivity index (χ1) is 14.7. The third-order valence-electron chi connectivity index (χ3n) is 5.01. The number of anilines is 2. The van der Waals surface area contributed by atoms with E-state index in [1.807, 2.05) is 42.5 Å². The molecule has 1 aliphatic heterocycles. The minimum atomic E-state index is -0.288. The fraction of sp³-hybridized carbons (Fsp3) is 0.273. The first-order valence-electron chi connectivity index (χ1n) is 9.82. The number of benzene rings is 1. The Labute approximate surface area is 174 Å². The maximum Gasteiger partial charge on any atom is 0.409 e. The van der Waals surface area contributed by atoms with Crippen LogP contribution in [0.4, 0.5) is 16.3 Å². The highest BCUT2D eigenvalue weighted by atomic mass is 16.5. The van der Waals surface area contributed by atoms with Crippen LogP contribution in [-0.4, -0.2) is 46.1 Å². The van der Waals surface area contributed by atoms with E-state index in [0.717, 1.165) is 30.0 Å². The molecule has 1 N–H and O–H groups in total. The second-order valence-electron chi connectivity index (χ2n) is 6.94. The van der Waals surface area contributed by atoms with Crippen LogP contribution >= 0.6 is 0 Å². The monoisotopic (exact) mass is 405 g/mol. The molecule has 8 nitrogen and oxygen atoms in total. The Kier molecular flexibility index (Phi) is 6.03. The van der Waals surface area contributed by atoms with E-state index in [2.05, 4.69) is 20.3 Å². The zero-order valence-electron chi connectivity index (χ0n) is 16.7. The van der Waals surface area contributed by atoms with Crippen LogP contribution in [-0.2, 0) is 4.74 Å². The summed E-state index contributed by atoms with van der Waals surface area (Å²) in [7, 11) is 1.40. The lowest BCUT2D eigenvalue weighted by Crippen LogP contribution is -2.38. The van der Waals surface area contributed by atoms with Crippen molar-refractivity contribution in [1.29, 1.82) is 0 Å². The molecular formula is C22H23N5O3. The van der Waals surface area contributed by atoms with Gasteiger partial charge in [-0.1, -0.05) is 6.07 Å². The second kappa shape index (κ2) is 9.21. The van der Waals surface area contributed by atoms with Gasteiger partial charge in [-0.3, -0.25) is 4.98 Å². The topological polar surface area (TPSA) is 89.5 Å². The van der Waals surface area contributed by atoms with Gasteiger partial charge in [0.05, 0.1) is 7.11 Å². The maximum absolute atomic E-state index is 11.7. The molecule has 0 spiro atoms. The highest BCUT2D eigenvalue weighted by Crippen LogP contribution is 2.34. The van der Waals surface area contributed by atoms with Crippen LogP contribution in [0.15, 0.2) is 61.1 Å². The van der Waals surface area contributed by atoms with Crippen molar-refractivity contribution >= 4 is 17.6 Å². The van der Waals surface area contributed by atoms with E-state index < -0.39 is 0 Å². The van der Waals surface area contributed by atoms with Gasteiger partial charge in [0.15, 0.2) is 0 Å². The van der Waals surface area contributed by atoms with Crippen molar-refractivity contribution in [2.45, 2.75) is 18.8 Å². The molecule has 4 rings (SSSR count). The molecule has 1 amide bonds. The van der Waals surface area contributed by atoms with Gasteiger partial charge in [0.25, 0.3) is 0 Å². The SMILES string of the molecule is COC(=O)N1CCC(c2nccnc2Oc2ccc(Nc3ccccn3)cc2)CC1. The Balaban J connectivity index is 1.42. The number of carbonyl (C=O) groups excluding carboxylic acids is 1. The molecule has 3 heterocycles.